The van der Waals surface area contributed by atoms with Crippen molar-refractivity contribution in [2.45, 2.75) is 32.3 Å². The van der Waals surface area contributed by atoms with Gasteiger partial charge in [-0.2, -0.15) is 10.8 Å². The summed E-state index contributed by atoms with van der Waals surface area (Å²) in [7, 11) is 0. The molecular weight excluding hydrogens is 308 g/mol. The number of rotatable bonds is 1. The molecule has 0 aliphatic carbocycles. The molecule has 2 atom stereocenters. The predicted molar refractivity (Wildman–Crippen MR) is 78.2 cm³/mol. The Bertz CT molecular complexity index is 535. The van der Waals surface area contributed by atoms with Crippen LogP contribution in [0.3, 0.4) is 0 Å². The van der Waals surface area contributed by atoms with Crippen LogP contribution in [0.1, 0.15) is 26.7 Å². The highest BCUT2D eigenvalue weighted by atomic mass is 79.9. The molecule has 0 aromatic rings. The molecule has 2 N–H and O–H groups in total. The Balaban J connectivity index is 1.98. The summed E-state index contributed by atoms with van der Waals surface area (Å²) in [5, 5.41) is 0. The number of fused-ring (bicyclic) bond motifs is 1. The number of allylic oxidation sites excluding steroid dienone is 2. The lowest BCUT2D eigenvalue weighted by Crippen LogP contribution is -2.50. The fourth-order valence-electron chi connectivity index (χ4n) is 2.85. The summed E-state index contributed by atoms with van der Waals surface area (Å²) in [6.07, 6.45) is 7.28. The smallest absolute Gasteiger partial charge is 0.301 e. The van der Waals surface area contributed by atoms with Crippen molar-refractivity contribution >= 4 is 26.9 Å². The van der Waals surface area contributed by atoms with Gasteiger partial charge in [0.15, 0.2) is 0 Å². The van der Waals surface area contributed by atoms with E-state index >= 15 is 0 Å². The number of quaternary nitrogens is 1. The van der Waals surface area contributed by atoms with Gasteiger partial charge in [0, 0.05) is 28.5 Å². The summed E-state index contributed by atoms with van der Waals surface area (Å²) >= 11 is 3.48. The van der Waals surface area contributed by atoms with Crippen LogP contribution in [0.5, 0.6) is 0 Å². The molecule has 102 valence electrons. The summed E-state index contributed by atoms with van der Waals surface area (Å²) < 4.78 is 6.58. The second kappa shape index (κ2) is 4.34. The first-order chi connectivity index (χ1) is 8.92. The van der Waals surface area contributed by atoms with Crippen molar-refractivity contribution < 1.29 is 9.33 Å². The fraction of sp³-hybridized carbons (Fsp3) is 0.538. The summed E-state index contributed by atoms with van der Waals surface area (Å²) in [6, 6.07) is 0. The lowest BCUT2D eigenvalue weighted by atomic mass is 9.85. The predicted octanol–water partition coefficient (Wildman–Crippen LogP) is 2.41. The van der Waals surface area contributed by atoms with Gasteiger partial charge in [-0.15, -0.1) is 4.59 Å². The van der Waals surface area contributed by atoms with Crippen molar-refractivity contribution in [2.75, 3.05) is 6.61 Å². The zero-order valence-electron chi connectivity index (χ0n) is 11.1. The molecule has 0 aromatic heterocycles. The number of amidine groups is 1. The van der Waals surface area contributed by atoms with Crippen LogP contribution < -0.4 is 5.84 Å². The van der Waals surface area contributed by atoms with Gasteiger partial charge in [0.2, 0.25) is 5.70 Å². The van der Waals surface area contributed by atoms with Crippen LogP contribution in [0.25, 0.3) is 0 Å². The highest BCUT2D eigenvalue weighted by Crippen LogP contribution is 2.40. The number of halogens is 1. The van der Waals surface area contributed by atoms with Gasteiger partial charge >= 0.3 is 4.74 Å². The van der Waals surface area contributed by atoms with Crippen LogP contribution in [-0.2, 0) is 4.74 Å². The third-order valence-electron chi connectivity index (χ3n) is 3.85. The highest BCUT2D eigenvalue weighted by Gasteiger charge is 2.45. The highest BCUT2D eigenvalue weighted by molar-refractivity contribution is 9.18. The van der Waals surface area contributed by atoms with E-state index in [9.17, 15) is 0 Å². The molecule has 0 bridgehead atoms. The summed E-state index contributed by atoms with van der Waals surface area (Å²) in [5.74, 6) is 6.73. The standard InChI is InChI=1S/C13H18BrN4O/c1-13(2)7-9(3-6-19-13)11-10-8-16-4-5-18(10,15)12(14)17-11/h4-5,8-9H,3,6-7,15H2,1-2H3/q+1. The Morgan fingerprint density at radius 2 is 2.32 bits per heavy atom. The zero-order valence-corrected chi connectivity index (χ0v) is 12.7. The fourth-order valence-corrected chi connectivity index (χ4v) is 3.36. The summed E-state index contributed by atoms with van der Waals surface area (Å²) in [4.78, 5) is 8.85. The Morgan fingerprint density at radius 3 is 3.05 bits per heavy atom. The minimum absolute atomic E-state index is 0.0939. The van der Waals surface area contributed by atoms with Crippen molar-refractivity contribution in [2.24, 2.45) is 21.7 Å². The molecule has 0 saturated carbocycles. The molecular formula is C13H18BrN4O+. The molecule has 0 aromatic carbocycles. The molecule has 3 heterocycles. The lowest BCUT2D eigenvalue weighted by Gasteiger charge is -2.35. The number of hydrogen-bond donors (Lipinski definition) is 1. The molecule has 6 heteroatoms. The Hall–Kier alpha value is -0.820. The third kappa shape index (κ3) is 2.12. The van der Waals surface area contributed by atoms with Gasteiger partial charge in [-0.3, -0.25) is 4.99 Å². The first-order valence-electron chi connectivity index (χ1n) is 6.44. The zero-order chi connectivity index (χ0) is 13.7. The number of aliphatic imine (C=N–C) groups is 2. The van der Waals surface area contributed by atoms with E-state index in [0.29, 0.717) is 10.7 Å². The van der Waals surface area contributed by atoms with Crippen LogP contribution in [0.4, 0.5) is 0 Å². The van der Waals surface area contributed by atoms with E-state index in [1.54, 1.807) is 6.20 Å². The van der Waals surface area contributed by atoms with Crippen LogP contribution in [-0.4, -0.2) is 27.8 Å². The molecule has 2 unspecified atom stereocenters. The number of hydrogen-bond acceptors (Lipinski definition) is 4. The maximum atomic E-state index is 6.37. The second-order valence-corrected chi connectivity index (χ2v) is 6.51. The van der Waals surface area contributed by atoms with Gasteiger partial charge in [-0.1, -0.05) is 0 Å². The van der Waals surface area contributed by atoms with E-state index in [-0.39, 0.29) is 10.2 Å². The molecule has 3 rings (SSSR count). The summed E-state index contributed by atoms with van der Waals surface area (Å²) in [5.41, 5.74) is 1.89. The molecule has 1 fully saturated rings. The Labute approximate surface area is 121 Å². The van der Waals surface area contributed by atoms with E-state index in [1.807, 2.05) is 12.4 Å². The van der Waals surface area contributed by atoms with Gasteiger partial charge in [-0.05, 0) is 26.7 Å². The van der Waals surface area contributed by atoms with Crippen LogP contribution in [0, 0.1) is 5.92 Å². The maximum Gasteiger partial charge on any atom is 0.301 e. The topological polar surface area (TPSA) is 60.0 Å². The quantitative estimate of drug-likeness (QED) is 0.457. The minimum Gasteiger partial charge on any atom is -0.376 e. The molecule has 3 aliphatic rings. The molecule has 0 amide bonds. The van der Waals surface area contributed by atoms with Crippen molar-refractivity contribution in [3.8, 4) is 0 Å². The van der Waals surface area contributed by atoms with Crippen molar-refractivity contribution in [3.63, 3.8) is 0 Å². The first-order valence-corrected chi connectivity index (χ1v) is 7.23. The maximum absolute atomic E-state index is 6.37. The van der Waals surface area contributed by atoms with Crippen LogP contribution in [0.15, 0.2) is 33.8 Å². The van der Waals surface area contributed by atoms with E-state index in [0.717, 1.165) is 30.8 Å². The van der Waals surface area contributed by atoms with E-state index < -0.39 is 0 Å². The van der Waals surface area contributed by atoms with Gasteiger partial charge in [0.05, 0.1) is 18.0 Å². The average Bonchev–Trinajstić information content (AvgIpc) is 2.61. The first kappa shape index (κ1) is 13.2. The second-order valence-electron chi connectivity index (χ2n) is 5.80. The van der Waals surface area contributed by atoms with Crippen LogP contribution in [0.2, 0.25) is 0 Å². The SMILES string of the molecule is CC1(C)CC(C2=C3C=NC=C[N+]3(N)C(Br)=N2)CCO1. The van der Waals surface area contributed by atoms with Gasteiger partial charge < -0.3 is 4.74 Å². The molecule has 19 heavy (non-hydrogen) atoms. The van der Waals surface area contributed by atoms with Gasteiger partial charge in [0.1, 0.15) is 11.9 Å². The molecule has 3 aliphatic heterocycles. The van der Waals surface area contributed by atoms with Crippen molar-refractivity contribution in [1.29, 1.82) is 0 Å². The number of nitrogens with two attached hydrogens (primary N) is 1. The molecule has 5 nitrogen and oxygen atoms in total. The minimum atomic E-state index is -0.104. The monoisotopic (exact) mass is 325 g/mol. The molecule has 0 radical (unpaired) electrons. The summed E-state index contributed by atoms with van der Waals surface area (Å²) in [6.45, 7) is 5.01. The number of nitrogens with zero attached hydrogens (tertiary/aromatic N) is 3. The molecule has 1 saturated heterocycles. The van der Waals surface area contributed by atoms with Crippen molar-refractivity contribution in [3.05, 3.63) is 23.8 Å². The average molecular weight is 326 g/mol. The van der Waals surface area contributed by atoms with E-state index in [4.69, 9.17) is 10.6 Å². The van der Waals surface area contributed by atoms with Gasteiger partial charge in [0.25, 0.3) is 0 Å². The normalized spacial score (nSPS) is 36.4. The molecule has 0 spiro atoms. The Morgan fingerprint density at radius 1 is 1.53 bits per heavy atom. The number of ether oxygens (including phenoxy) is 1. The van der Waals surface area contributed by atoms with Gasteiger partial charge in [-0.25, -0.2) is 0 Å². The van der Waals surface area contributed by atoms with Crippen molar-refractivity contribution in [1.82, 2.24) is 0 Å². The lowest BCUT2D eigenvalue weighted by molar-refractivity contribution is -0.746. The Kier molecular flexibility index (Phi) is 3.01. The van der Waals surface area contributed by atoms with Crippen LogP contribution >= 0.6 is 15.9 Å². The van der Waals surface area contributed by atoms with E-state index in [1.165, 1.54) is 0 Å². The van der Waals surface area contributed by atoms with E-state index in [2.05, 4.69) is 39.8 Å². The third-order valence-corrected chi connectivity index (χ3v) is 4.61. The largest absolute Gasteiger partial charge is 0.376 e.